The average Bonchev–Trinajstić information content (AvgIpc) is 2.95. The van der Waals surface area contributed by atoms with Gasteiger partial charge in [-0.05, 0) is 29.4 Å². The van der Waals surface area contributed by atoms with Crippen LogP contribution < -0.4 is 4.90 Å². The number of likely N-dealkylation sites (N-methyl/N-ethyl adjacent to an activating group) is 1. The second-order valence-electron chi connectivity index (χ2n) is 4.37. The van der Waals surface area contributed by atoms with Gasteiger partial charge in [0, 0.05) is 13.6 Å². The number of hydrogen-bond acceptors (Lipinski definition) is 6. The Bertz CT molecular complexity index is 671. The Balaban J connectivity index is 2.05. The molecule has 1 heterocycles. The van der Waals surface area contributed by atoms with Gasteiger partial charge in [0.05, 0.1) is 10.5 Å². The van der Waals surface area contributed by atoms with Crippen molar-refractivity contribution < 1.29 is 14.8 Å². The number of carboxylic acids is 1. The first kappa shape index (κ1) is 14.9. The van der Waals surface area contributed by atoms with Crippen LogP contribution in [0.5, 0.6) is 0 Å². The van der Waals surface area contributed by atoms with Gasteiger partial charge in [-0.3, -0.25) is 10.1 Å². The number of hydrogen-bond donors (Lipinski definition) is 1. The van der Waals surface area contributed by atoms with Crippen molar-refractivity contribution in [2.75, 3.05) is 18.5 Å². The molecular weight excluding hydrogens is 294 g/mol. The molecule has 0 amide bonds. The van der Waals surface area contributed by atoms with E-state index >= 15 is 0 Å². The number of rotatable bonds is 6. The quantitative estimate of drug-likeness (QED) is 0.650. The monoisotopic (exact) mass is 307 g/mol. The number of anilines is 1. The van der Waals surface area contributed by atoms with Crippen LogP contribution in [0.4, 0.5) is 10.1 Å². The molecule has 1 aromatic carbocycles. The number of carbonyl (C=O) groups is 1. The Kier molecular flexibility index (Phi) is 4.49. The van der Waals surface area contributed by atoms with Crippen LogP contribution in [0.1, 0.15) is 15.9 Å². The van der Waals surface area contributed by atoms with Gasteiger partial charge in [0.25, 0.3) is 0 Å². The third kappa shape index (κ3) is 3.54. The van der Waals surface area contributed by atoms with Gasteiger partial charge in [-0.1, -0.05) is 18.2 Å². The van der Waals surface area contributed by atoms with E-state index in [2.05, 4.69) is 4.98 Å². The fourth-order valence-electron chi connectivity index (χ4n) is 1.85. The fourth-order valence-corrected chi connectivity index (χ4v) is 2.57. The van der Waals surface area contributed by atoms with E-state index in [1.807, 2.05) is 0 Å². The largest absolute Gasteiger partial charge is 0.478 e. The van der Waals surface area contributed by atoms with E-state index < -0.39 is 10.9 Å². The predicted molar refractivity (Wildman–Crippen MR) is 79.1 cm³/mol. The Morgan fingerprint density at radius 3 is 2.81 bits per heavy atom. The van der Waals surface area contributed by atoms with E-state index in [4.69, 9.17) is 5.11 Å². The third-order valence-corrected chi connectivity index (χ3v) is 4.02. The number of benzene rings is 1. The van der Waals surface area contributed by atoms with Gasteiger partial charge in [-0.2, -0.15) is 0 Å². The molecule has 0 radical (unpaired) electrons. The Morgan fingerprint density at radius 1 is 1.48 bits per heavy atom. The van der Waals surface area contributed by atoms with Crippen molar-refractivity contribution in [3.8, 4) is 0 Å². The number of aromatic carboxylic acids is 1. The van der Waals surface area contributed by atoms with E-state index in [1.54, 1.807) is 36.2 Å². The lowest BCUT2D eigenvalue weighted by Gasteiger charge is -2.15. The first-order chi connectivity index (χ1) is 9.99. The van der Waals surface area contributed by atoms with Crippen LogP contribution >= 0.6 is 11.3 Å². The SMILES string of the molecule is CN(CCc1ccccc1C(=O)O)c1ncc([N+](=O)[O-])s1. The van der Waals surface area contributed by atoms with Crippen molar-refractivity contribution in [3.63, 3.8) is 0 Å². The summed E-state index contributed by atoms with van der Waals surface area (Å²) in [5.41, 5.74) is 0.999. The maximum atomic E-state index is 11.1. The van der Waals surface area contributed by atoms with Crippen molar-refractivity contribution in [2.45, 2.75) is 6.42 Å². The smallest absolute Gasteiger partial charge is 0.345 e. The van der Waals surface area contributed by atoms with Crippen LogP contribution in [-0.4, -0.2) is 34.6 Å². The fraction of sp³-hybridized carbons (Fsp3) is 0.231. The van der Waals surface area contributed by atoms with Gasteiger partial charge < -0.3 is 10.0 Å². The zero-order chi connectivity index (χ0) is 15.4. The van der Waals surface area contributed by atoms with Gasteiger partial charge in [0.15, 0.2) is 5.13 Å². The summed E-state index contributed by atoms with van der Waals surface area (Å²) in [6.07, 6.45) is 1.74. The van der Waals surface area contributed by atoms with E-state index in [0.29, 0.717) is 18.1 Å². The maximum Gasteiger partial charge on any atom is 0.345 e. The summed E-state index contributed by atoms with van der Waals surface area (Å²) in [4.78, 5) is 27.0. The topological polar surface area (TPSA) is 96.6 Å². The van der Waals surface area contributed by atoms with E-state index in [-0.39, 0.29) is 10.6 Å². The van der Waals surface area contributed by atoms with E-state index in [9.17, 15) is 14.9 Å². The lowest BCUT2D eigenvalue weighted by atomic mass is 10.0. The highest BCUT2D eigenvalue weighted by atomic mass is 32.1. The molecule has 0 saturated heterocycles. The third-order valence-electron chi connectivity index (χ3n) is 2.95. The van der Waals surface area contributed by atoms with Crippen molar-refractivity contribution >= 4 is 27.4 Å². The molecule has 0 bridgehead atoms. The summed E-state index contributed by atoms with van der Waals surface area (Å²) in [5.74, 6) is -0.960. The van der Waals surface area contributed by atoms with Crippen LogP contribution in [0, 0.1) is 10.1 Å². The molecule has 21 heavy (non-hydrogen) atoms. The van der Waals surface area contributed by atoms with E-state index in [0.717, 1.165) is 16.9 Å². The molecule has 0 aliphatic rings. The summed E-state index contributed by atoms with van der Waals surface area (Å²) < 4.78 is 0. The lowest BCUT2D eigenvalue weighted by Crippen LogP contribution is -2.20. The van der Waals surface area contributed by atoms with Gasteiger partial charge in [-0.15, -0.1) is 0 Å². The van der Waals surface area contributed by atoms with Crippen LogP contribution in [0.2, 0.25) is 0 Å². The lowest BCUT2D eigenvalue weighted by molar-refractivity contribution is -0.380. The van der Waals surface area contributed by atoms with Crippen molar-refractivity contribution in [2.24, 2.45) is 0 Å². The molecule has 0 fully saturated rings. The normalized spacial score (nSPS) is 10.3. The van der Waals surface area contributed by atoms with Crippen molar-refractivity contribution in [1.29, 1.82) is 0 Å². The van der Waals surface area contributed by atoms with Crippen LogP contribution in [-0.2, 0) is 6.42 Å². The van der Waals surface area contributed by atoms with Gasteiger partial charge in [0.1, 0.15) is 6.20 Å². The van der Waals surface area contributed by atoms with Crippen LogP contribution in [0.3, 0.4) is 0 Å². The first-order valence-electron chi connectivity index (χ1n) is 6.11. The Morgan fingerprint density at radius 2 is 2.19 bits per heavy atom. The maximum absolute atomic E-state index is 11.1. The average molecular weight is 307 g/mol. The highest BCUT2D eigenvalue weighted by molar-refractivity contribution is 7.18. The number of nitro groups is 1. The molecule has 0 aliphatic heterocycles. The minimum absolute atomic E-state index is 0.0113. The van der Waals surface area contributed by atoms with Crippen LogP contribution in [0.25, 0.3) is 0 Å². The second kappa shape index (κ2) is 6.31. The van der Waals surface area contributed by atoms with Crippen molar-refractivity contribution in [1.82, 2.24) is 4.98 Å². The molecule has 8 heteroatoms. The summed E-state index contributed by atoms with van der Waals surface area (Å²) in [6, 6.07) is 6.80. The highest BCUT2D eigenvalue weighted by Crippen LogP contribution is 2.27. The molecule has 0 aliphatic carbocycles. The number of carboxylic acid groups (broad SMARTS) is 1. The Hall–Kier alpha value is -2.48. The van der Waals surface area contributed by atoms with Gasteiger partial charge in [-0.25, -0.2) is 9.78 Å². The van der Waals surface area contributed by atoms with Crippen molar-refractivity contribution in [3.05, 3.63) is 51.7 Å². The molecule has 0 atom stereocenters. The molecule has 0 unspecified atom stereocenters. The van der Waals surface area contributed by atoms with Gasteiger partial charge >= 0.3 is 11.0 Å². The zero-order valence-corrected chi connectivity index (χ0v) is 12.0. The second-order valence-corrected chi connectivity index (χ2v) is 5.36. The van der Waals surface area contributed by atoms with Crippen LogP contribution in [0.15, 0.2) is 30.5 Å². The predicted octanol–water partition coefficient (Wildman–Crippen LogP) is 2.43. The highest BCUT2D eigenvalue weighted by Gasteiger charge is 2.15. The summed E-state index contributed by atoms with van der Waals surface area (Å²) >= 11 is 0.994. The first-order valence-corrected chi connectivity index (χ1v) is 6.93. The molecule has 0 saturated carbocycles. The number of aromatic nitrogens is 1. The molecule has 1 aromatic heterocycles. The minimum Gasteiger partial charge on any atom is -0.478 e. The molecular formula is C13H13N3O4S. The summed E-state index contributed by atoms with van der Waals surface area (Å²) in [6.45, 7) is 0.523. The molecule has 1 N–H and O–H groups in total. The summed E-state index contributed by atoms with van der Waals surface area (Å²) in [7, 11) is 1.77. The molecule has 2 aromatic rings. The molecule has 110 valence electrons. The molecule has 0 spiro atoms. The number of nitrogens with zero attached hydrogens (tertiary/aromatic N) is 3. The Labute approximate surface area is 124 Å². The van der Waals surface area contributed by atoms with E-state index in [1.165, 1.54) is 6.20 Å². The minimum atomic E-state index is -0.960. The zero-order valence-electron chi connectivity index (χ0n) is 11.2. The molecule has 2 rings (SSSR count). The summed E-state index contributed by atoms with van der Waals surface area (Å²) in [5, 5.41) is 20.3. The number of thiazole rings is 1. The standard InChI is InChI=1S/C13H13N3O4S/c1-15(13-14-8-11(21-13)16(19)20)7-6-9-4-2-3-5-10(9)12(17)18/h2-5,8H,6-7H2,1H3,(H,17,18). The van der Waals surface area contributed by atoms with Gasteiger partial charge in [0.2, 0.25) is 0 Å². The molecule has 7 nitrogen and oxygen atoms in total.